The number of nitrogens with zero attached hydrogens (tertiary/aromatic N) is 2. The molecule has 2 rings (SSSR count). The number of nitrogens with two attached hydrogens (primary N) is 1. The molecule has 3 amide bonds. The van der Waals surface area contributed by atoms with Crippen molar-refractivity contribution in [3.63, 3.8) is 0 Å². The third-order valence-corrected chi connectivity index (χ3v) is 3.45. The maximum absolute atomic E-state index is 12.1. The van der Waals surface area contributed by atoms with Crippen LogP contribution in [-0.2, 0) is 4.79 Å². The molecule has 0 atom stereocenters. The summed E-state index contributed by atoms with van der Waals surface area (Å²) >= 11 is 0. The van der Waals surface area contributed by atoms with Crippen LogP contribution >= 0.6 is 0 Å². The Kier molecular flexibility index (Phi) is 4.36. The average molecular weight is 292 g/mol. The molecule has 112 valence electrons. The normalized spacial score (nSPS) is 15.5. The third-order valence-electron chi connectivity index (χ3n) is 3.45. The van der Waals surface area contributed by atoms with Crippen molar-refractivity contribution >= 4 is 23.7 Å². The van der Waals surface area contributed by atoms with Crippen LogP contribution in [0.4, 0.5) is 10.6 Å². The molecule has 0 spiro atoms. The lowest BCUT2D eigenvalue weighted by atomic mass is 9.96. The summed E-state index contributed by atoms with van der Waals surface area (Å²) in [5, 5.41) is 11.4. The van der Waals surface area contributed by atoms with Gasteiger partial charge in [0, 0.05) is 25.2 Å². The van der Waals surface area contributed by atoms with E-state index in [-0.39, 0.29) is 23.2 Å². The Labute approximate surface area is 120 Å². The van der Waals surface area contributed by atoms with Gasteiger partial charge in [-0.05, 0) is 25.0 Å². The minimum absolute atomic E-state index is 0.135. The largest absolute Gasteiger partial charge is 0.465 e. The summed E-state index contributed by atoms with van der Waals surface area (Å²) in [5.74, 6) is -1.11. The topological polar surface area (TPSA) is 126 Å². The van der Waals surface area contributed by atoms with Crippen LogP contribution in [0.2, 0.25) is 0 Å². The first-order valence-electron chi connectivity index (χ1n) is 6.52. The van der Waals surface area contributed by atoms with Gasteiger partial charge < -0.3 is 21.1 Å². The van der Waals surface area contributed by atoms with Crippen LogP contribution in [0.5, 0.6) is 0 Å². The van der Waals surface area contributed by atoms with Gasteiger partial charge in [-0.25, -0.2) is 9.78 Å². The molecule has 0 saturated carbocycles. The number of hydrogen-bond acceptors (Lipinski definition) is 4. The van der Waals surface area contributed by atoms with Crippen molar-refractivity contribution in [3.8, 4) is 0 Å². The van der Waals surface area contributed by atoms with E-state index in [2.05, 4.69) is 10.3 Å². The standard InChI is InChI=1S/C13H16N4O4/c14-10(18)9-2-1-5-15-11(9)16-12(19)8-3-6-17(7-4-8)13(20)21/h1-2,5,8H,3-4,6-7H2,(H2,14,18)(H,20,21)(H,15,16,19). The summed E-state index contributed by atoms with van der Waals surface area (Å²) in [6, 6.07) is 3.04. The molecule has 0 aromatic carbocycles. The van der Waals surface area contributed by atoms with Crippen LogP contribution in [0.25, 0.3) is 0 Å². The first-order chi connectivity index (χ1) is 9.99. The molecule has 0 bridgehead atoms. The Morgan fingerprint density at radius 2 is 2.00 bits per heavy atom. The van der Waals surface area contributed by atoms with Gasteiger partial charge in [-0.1, -0.05) is 0 Å². The third kappa shape index (κ3) is 3.47. The number of carbonyl (C=O) groups excluding carboxylic acids is 2. The van der Waals surface area contributed by atoms with Gasteiger partial charge in [0.25, 0.3) is 5.91 Å². The van der Waals surface area contributed by atoms with Gasteiger partial charge in [0.05, 0.1) is 5.56 Å². The second kappa shape index (κ2) is 6.21. The molecule has 1 fully saturated rings. The zero-order chi connectivity index (χ0) is 15.4. The summed E-state index contributed by atoms with van der Waals surface area (Å²) in [6.07, 6.45) is 1.36. The number of nitrogens with one attached hydrogen (secondary N) is 1. The van der Waals surface area contributed by atoms with E-state index in [1.807, 2.05) is 0 Å². The van der Waals surface area contributed by atoms with Crippen LogP contribution in [0.15, 0.2) is 18.3 Å². The number of anilines is 1. The van der Waals surface area contributed by atoms with Crippen LogP contribution < -0.4 is 11.1 Å². The quantitative estimate of drug-likeness (QED) is 0.748. The molecule has 21 heavy (non-hydrogen) atoms. The molecule has 8 nitrogen and oxygen atoms in total. The fourth-order valence-corrected chi connectivity index (χ4v) is 2.26. The van der Waals surface area contributed by atoms with Gasteiger partial charge in [-0.3, -0.25) is 9.59 Å². The molecular formula is C13H16N4O4. The maximum atomic E-state index is 12.1. The first-order valence-corrected chi connectivity index (χ1v) is 6.52. The van der Waals surface area contributed by atoms with Crippen LogP contribution in [0.3, 0.4) is 0 Å². The van der Waals surface area contributed by atoms with Crippen molar-refractivity contribution in [2.24, 2.45) is 11.7 Å². The Hall–Kier alpha value is -2.64. The molecule has 0 radical (unpaired) electrons. The number of rotatable bonds is 3. The highest BCUT2D eigenvalue weighted by Gasteiger charge is 2.27. The van der Waals surface area contributed by atoms with Gasteiger partial charge in [0.2, 0.25) is 5.91 Å². The lowest BCUT2D eigenvalue weighted by Crippen LogP contribution is -2.40. The molecule has 1 saturated heterocycles. The molecule has 0 unspecified atom stereocenters. The van der Waals surface area contributed by atoms with Crippen LogP contribution in [0.1, 0.15) is 23.2 Å². The molecule has 1 aromatic heterocycles. The van der Waals surface area contributed by atoms with Gasteiger partial charge in [-0.15, -0.1) is 0 Å². The van der Waals surface area contributed by atoms with Crippen molar-refractivity contribution in [1.82, 2.24) is 9.88 Å². The number of primary amides is 1. The zero-order valence-corrected chi connectivity index (χ0v) is 11.3. The molecule has 1 aromatic rings. The Morgan fingerprint density at radius 1 is 1.33 bits per heavy atom. The smallest absolute Gasteiger partial charge is 0.407 e. The highest BCUT2D eigenvalue weighted by Crippen LogP contribution is 2.20. The first kappa shape index (κ1) is 14.8. The Morgan fingerprint density at radius 3 is 2.57 bits per heavy atom. The van der Waals surface area contributed by atoms with E-state index in [1.165, 1.54) is 17.2 Å². The number of carbonyl (C=O) groups is 3. The van der Waals surface area contributed by atoms with Crippen molar-refractivity contribution in [1.29, 1.82) is 0 Å². The number of hydrogen-bond donors (Lipinski definition) is 3. The number of aromatic nitrogens is 1. The molecule has 1 aliphatic rings. The monoisotopic (exact) mass is 292 g/mol. The van der Waals surface area contributed by atoms with Crippen molar-refractivity contribution in [2.75, 3.05) is 18.4 Å². The van der Waals surface area contributed by atoms with E-state index in [9.17, 15) is 14.4 Å². The van der Waals surface area contributed by atoms with Crippen molar-refractivity contribution in [3.05, 3.63) is 23.9 Å². The molecule has 1 aliphatic heterocycles. The number of pyridine rings is 1. The van der Waals surface area contributed by atoms with Gasteiger partial charge in [-0.2, -0.15) is 0 Å². The van der Waals surface area contributed by atoms with Crippen molar-refractivity contribution < 1.29 is 19.5 Å². The number of amides is 3. The summed E-state index contributed by atoms with van der Waals surface area (Å²) < 4.78 is 0. The average Bonchev–Trinajstić information content (AvgIpc) is 2.47. The lowest BCUT2D eigenvalue weighted by molar-refractivity contribution is -0.121. The minimum Gasteiger partial charge on any atom is -0.465 e. The van der Waals surface area contributed by atoms with E-state index < -0.39 is 12.0 Å². The minimum atomic E-state index is -0.977. The van der Waals surface area contributed by atoms with Crippen LogP contribution in [0, 0.1) is 5.92 Å². The van der Waals surface area contributed by atoms with E-state index in [0.29, 0.717) is 25.9 Å². The fourth-order valence-electron chi connectivity index (χ4n) is 2.26. The molecule has 8 heteroatoms. The second-order valence-electron chi connectivity index (χ2n) is 4.80. The van der Waals surface area contributed by atoms with Gasteiger partial charge in [0.1, 0.15) is 5.82 Å². The summed E-state index contributed by atoms with van der Waals surface area (Å²) in [7, 11) is 0. The summed E-state index contributed by atoms with van der Waals surface area (Å²) in [5.41, 5.74) is 5.37. The zero-order valence-electron chi connectivity index (χ0n) is 11.3. The van der Waals surface area contributed by atoms with E-state index in [1.54, 1.807) is 6.07 Å². The highest BCUT2D eigenvalue weighted by atomic mass is 16.4. The van der Waals surface area contributed by atoms with Crippen LogP contribution in [-0.4, -0.2) is 46.0 Å². The molecular weight excluding hydrogens is 276 g/mol. The second-order valence-corrected chi connectivity index (χ2v) is 4.80. The van der Waals surface area contributed by atoms with Gasteiger partial charge in [0.15, 0.2) is 0 Å². The highest BCUT2D eigenvalue weighted by molar-refractivity contribution is 6.02. The Balaban J connectivity index is 2.00. The number of carboxylic acid groups (broad SMARTS) is 1. The molecule has 2 heterocycles. The summed E-state index contributed by atoms with van der Waals surface area (Å²) in [4.78, 5) is 39.4. The lowest BCUT2D eigenvalue weighted by Gasteiger charge is -2.29. The maximum Gasteiger partial charge on any atom is 0.407 e. The number of likely N-dealkylation sites (tertiary alicyclic amines) is 1. The van der Waals surface area contributed by atoms with E-state index in [0.717, 1.165) is 0 Å². The Bertz CT molecular complexity index is 567. The molecule has 4 N–H and O–H groups in total. The predicted molar refractivity (Wildman–Crippen MR) is 73.7 cm³/mol. The summed E-state index contributed by atoms with van der Waals surface area (Å²) in [6.45, 7) is 0.636. The van der Waals surface area contributed by atoms with Gasteiger partial charge >= 0.3 is 6.09 Å². The van der Waals surface area contributed by atoms with Crippen molar-refractivity contribution in [2.45, 2.75) is 12.8 Å². The number of piperidine rings is 1. The fraction of sp³-hybridized carbons (Fsp3) is 0.385. The predicted octanol–water partition coefficient (Wildman–Crippen LogP) is 0.509. The SMILES string of the molecule is NC(=O)c1cccnc1NC(=O)C1CCN(C(=O)O)CC1. The molecule has 0 aliphatic carbocycles. The van der Waals surface area contributed by atoms with E-state index >= 15 is 0 Å². The van der Waals surface area contributed by atoms with E-state index in [4.69, 9.17) is 10.8 Å².